The molecule has 12 heteroatoms. The van der Waals surface area contributed by atoms with E-state index >= 15 is 0 Å². The predicted molar refractivity (Wildman–Crippen MR) is 138 cm³/mol. The van der Waals surface area contributed by atoms with Crippen LogP contribution in [0, 0.1) is 20.8 Å². The summed E-state index contributed by atoms with van der Waals surface area (Å²) in [5, 5.41) is 2.61. The Labute approximate surface area is 209 Å². The number of nitrogens with zero attached hydrogens (tertiary/aromatic N) is 1. The summed E-state index contributed by atoms with van der Waals surface area (Å²) < 4.78 is 33.7. The summed E-state index contributed by atoms with van der Waals surface area (Å²) in [5.74, 6) is -1.25. The molecule has 6 N–H and O–H groups in total. The number of guanidine groups is 1. The average molecular weight is 522 g/mol. The maximum absolute atomic E-state index is 13.1. The molecule has 0 aliphatic heterocycles. The summed E-state index contributed by atoms with van der Waals surface area (Å²) in [5.41, 5.74) is 12.6. The highest BCUT2D eigenvalue weighted by Crippen LogP contribution is 2.22. The number of carbonyl (C=O) groups is 2. The summed E-state index contributed by atoms with van der Waals surface area (Å²) in [4.78, 5) is 30.2. The van der Waals surface area contributed by atoms with Crippen molar-refractivity contribution in [3.63, 3.8) is 0 Å². The molecule has 1 heterocycles. The highest BCUT2D eigenvalue weighted by atomic mass is 32.2. The molecule has 1 unspecified atom stereocenters. The first-order chi connectivity index (χ1) is 16.4. The van der Waals surface area contributed by atoms with Gasteiger partial charge in [-0.25, -0.2) is 13.4 Å². The fraction of sp³-hybridized carbons (Fsp3) is 0.348. The monoisotopic (exact) mass is 521 g/mol. The van der Waals surface area contributed by atoms with E-state index in [1.807, 2.05) is 6.92 Å². The second-order valence-electron chi connectivity index (χ2n) is 7.73. The Balaban J connectivity index is 2.14. The van der Waals surface area contributed by atoms with Crippen molar-refractivity contribution in [3.05, 3.63) is 56.8 Å². The van der Waals surface area contributed by atoms with E-state index in [-0.39, 0.29) is 24.0 Å². The van der Waals surface area contributed by atoms with E-state index in [1.54, 1.807) is 57.2 Å². The van der Waals surface area contributed by atoms with E-state index in [0.29, 0.717) is 22.5 Å². The lowest BCUT2D eigenvalue weighted by atomic mass is 10.1. The Morgan fingerprint density at radius 1 is 1.17 bits per heavy atom. The zero-order valence-electron chi connectivity index (χ0n) is 20.1. The van der Waals surface area contributed by atoms with Crippen LogP contribution >= 0.6 is 11.3 Å². The third kappa shape index (κ3) is 8.19. The molecule has 1 aromatic carbocycles. The number of carbonyl (C=O) groups excluding carboxylic acids is 2. The van der Waals surface area contributed by atoms with Crippen molar-refractivity contribution in [3.8, 4) is 0 Å². The molecule has 1 atom stereocenters. The number of benzene rings is 1. The van der Waals surface area contributed by atoms with Crippen LogP contribution in [0.1, 0.15) is 38.2 Å². The van der Waals surface area contributed by atoms with Gasteiger partial charge in [-0.15, -0.1) is 11.3 Å². The van der Waals surface area contributed by atoms with E-state index in [9.17, 15) is 18.0 Å². The fourth-order valence-corrected chi connectivity index (χ4v) is 5.92. The van der Waals surface area contributed by atoms with E-state index in [4.69, 9.17) is 16.2 Å². The van der Waals surface area contributed by atoms with E-state index < -0.39 is 27.9 Å². The third-order valence-corrected chi connectivity index (χ3v) is 7.55. The van der Waals surface area contributed by atoms with Gasteiger partial charge in [-0.2, -0.15) is 4.72 Å². The summed E-state index contributed by atoms with van der Waals surface area (Å²) in [6.45, 7) is 6.96. The van der Waals surface area contributed by atoms with Gasteiger partial charge >= 0.3 is 5.97 Å². The van der Waals surface area contributed by atoms with Crippen LogP contribution in [-0.4, -0.2) is 52.0 Å². The van der Waals surface area contributed by atoms with Crippen molar-refractivity contribution in [2.75, 3.05) is 19.7 Å². The number of rotatable bonds is 11. The molecule has 0 aliphatic carbocycles. The van der Waals surface area contributed by atoms with Crippen molar-refractivity contribution in [2.45, 2.75) is 38.6 Å². The van der Waals surface area contributed by atoms with Crippen molar-refractivity contribution in [1.29, 1.82) is 0 Å². The van der Waals surface area contributed by atoms with Crippen molar-refractivity contribution in [2.24, 2.45) is 16.5 Å². The number of sulfonamides is 1. The van der Waals surface area contributed by atoms with E-state index in [0.717, 1.165) is 10.4 Å². The smallest absolute Gasteiger partial charge is 0.326 e. The standard InChI is InChI=1S/C23H31N5O5S2/c1-5-33-22(30)18(28-35(31,32)20-15(3)11-14(2)12-16(20)4)13-27-21(29)19-9-8-17(34-19)7-6-10-26-23(24)25/h6-9,11-12,18,28H,5,10,13H2,1-4H3,(H,27,29)(H4,24,25,26)/b7-6+. The lowest BCUT2D eigenvalue weighted by molar-refractivity contribution is -0.144. The molecule has 0 fully saturated rings. The zero-order valence-corrected chi connectivity index (χ0v) is 21.8. The number of aliphatic imine (C=N–C) groups is 1. The van der Waals surface area contributed by atoms with Gasteiger partial charge in [0.1, 0.15) is 6.04 Å². The minimum atomic E-state index is -4.07. The molecule has 0 aliphatic rings. The number of thiophene rings is 1. The van der Waals surface area contributed by atoms with Crippen molar-refractivity contribution in [1.82, 2.24) is 10.0 Å². The Morgan fingerprint density at radius 2 is 1.83 bits per heavy atom. The summed E-state index contributed by atoms with van der Waals surface area (Å²) in [7, 11) is -4.07. The highest BCUT2D eigenvalue weighted by molar-refractivity contribution is 7.89. The SMILES string of the molecule is CCOC(=O)C(CNC(=O)c1ccc(/C=C/CN=C(N)N)s1)NS(=O)(=O)c1c(C)cc(C)cc1C. The number of nitrogens with two attached hydrogens (primary N) is 2. The van der Waals surface area contributed by atoms with Crippen molar-refractivity contribution >= 4 is 45.3 Å². The van der Waals surface area contributed by atoms with Gasteiger partial charge in [-0.3, -0.25) is 9.59 Å². The Morgan fingerprint density at radius 3 is 2.43 bits per heavy atom. The maximum atomic E-state index is 13.1. The zero-order chi connectivity index (χ0) is 26.2. The number of hydrogen-bond acceptors (Lipinski definition) is 7. The number of hydrogen-bond donors (Lipinski definition) is 4. The van der Waals surface area contributed by atoms with Gasteiger partial charge in [0.05, 0.1) is 22.9 Å². The first kappa shape index (κ1) is 28.0. The summed E-state index contributed by atoms with van der Waals surface area (Å²) in [6, 6.07) is 5.58. The molecule has 2 rings (SSSR count). The molecule has 190 valence electrons. The quantitative estimate of drug-likeness (QED) is 0.198. The summed E-state index contributed by atoms with van der Waals surface area (Å²) in [6.07, 6.45) is 3.52. The number of aryl methyl sites for hydroxylation is 3. The molecule has 0 saturated carbocycles. The molecule has 0 spiro atoms. The lowest BCUT2D eigenvalue weighted by Crippen LogP contribution is -2.49. The van der Waals surface area contributed by atoms with E-state index in [1.165, 1.54) is 11.3 Å². The van der Waals surface area contributed by atoms with Crippen LogP contribution in [0.2, 0.25) is 0 Å². The molecule has 2 aromatic rings. The van der Waals surface area contributed by atoms with Crippen LogP contribution in [0.5, 0.6) is 0 Å². The highest BCUT2D eigenvalue weighted by Gasteiger charge is 2.29. The van der Waals surface area contributed by atoms with Crippen LogP contribution in [0.3, 0.4) is 0 Å². The second-order valence-corrected chi connectivity index (χ2v) is 10.5. The minimum Gasteiger partial charge on any atom is -0.465 e. The maximum Gasteiger partial charge on any atom is 0.326 e. The van der Waals surface area contributed by atoms with Gasteiger partial charge in [0.25, 0.3) is 5.91 Å². The van der Waals surface area contributed by atoms with E-state index in [2.05, 4.69) is 15.0 Å². The van der Waals surface area contributed by atoms with Crippen LogP contribution in [0.25, 0.3) is 6.08 Å². The van der Waals surface area contributed by atoms with Gasteiger partial charge < -0.3 is 21.5 Å². The lowest BCUT2D eigenvalue weighted by Gasteiger charge is -2.20. The molecular formula is C23H31N5O5S2. The van der Waals surface area contributed by atoms with Gasteiger partial charge in [-0.05, 0) is 57.0 Å². The third-order valence-electron chi connectivity index (χ3n) is 4.72. The molecule has 10 nitrogen and oxygen atoms in total. The van der Waals surface area contributed by atoms with Gasteiger partial charge in [0.2, 0.25) is 10.0 Å². The van der Waals surface area contributed by atoms with Crippen LogP contribution < -0.4 is 21.5 Å². The molecule has 0 radical (unpaired) electrons. The molecule has 35 heavy (non-hydrogen) atoms. The Hall–Kier alpha value is -3.22. The molecular weight excluding hydrogens is 490 g/mol. The molecule has 1 aromatic heterocycles. The number of esters is 1. The van der Waals surface area contributed by atoms with Gasteiger partial charge in [0.15, 0.2) is 5.96 Å². The van der Waals surface area contributed by atoms with Gasteiger partial charge in [-0.1, -0.05) is 23.8 Å². The molecule has 0 saturated heterocycles. The first-order valence-corrected chi connectivity index (χ1v) is 13.1. The van der Waals surface area contributed by atoms with Crippen LogP contribution in [-0.2, 0) is 19.6 Å². The topological polar surface area (TPSA) is 166 Å². The van der Waals surface area contributed by atoms with Crippen LogP contribution in [0.4, 0.5) is 0 Å². The number of nitrogens with one attached hydrogen (secondary N) is 2. The first-order valence-electron chi connectivity index (χ1n) is 10.8. The normalized spacial score (nSPS) is 12.3. The fourth-order valence-electron chi connectivity index (χ4n) is 3.43. The minimum absolute atomic E-state index is 0.0135. The Bertz CT molecular complexity index is 1210. The average Bonchev–Trinajstić information content (AvgIpc) is 3.22. The predicted octanol–water partition coefficient (Wildman–Crippen LogP) is 1.60. The van der Waals surface area contributed by atoms with Crippen LogP contribution in [0.15, 0.2) is 40.2 Å². The molecule has 1 amide bonds. The second kappa shape index (κ2) is 12.5. The van der Waals surface area contributed by atoms with Crippen molar-refractivity contribution < 1.29 is 22.7 Å². The summed E-state index contributed by atoms with van der Waals surface area (Å²) >= 11 is 1.22. The largest absolute Gasteiger partial charge is 0.465 e. The number of amides is 1. The Kier molecular flexibility index (Phi) is 9.99. The number of ether oxygens (including phenoxy) is 1. The van der Waals surface area contributed by atoms with Gasteiger partial charge in [0, 0.05) is 11.4 Å². The molecule has 0 bridgehead atoms.